The van der Waals surface area contributed by atoms with E-state index in [1.807, 2.05) is 6.07 Å². The normalized spacial score (nSPS) is 10.3. The number of anilines is 2. The fraction of sp³-hybridized carbons (Fsp3) is 0.0909. The molecule has 0 heterocycles. The Morgan fingerprint density at radius 2 is 1.66 bits per heavy atom. The van der Waals surface area contributed by atoms with Crippen molar-refractivity contribution in [2.24, 2.45) is 0 Å². The van der Waals surface area contributed by atoms with Gasteiger partial charge in [-0.3, -0.25) is 9.59 Å². The molecule has 0 fully saturated rings. The van der Waals surface area contributed by atoms with Crippen LogP contribution in [0.25, 0.3) is 0 Å². The predicted molar refractivity (Wildman–Crippen MR) is 113 cm³/mol. The van der Waals surface area contributed by atoms with E-state index in [4.69, 9.17) is 4.74 Å². The molecule has 3 aromatic carbocycles. The molecular formula is C22H19FN2O3S. The van der Waals surface area contributed by atoms with Crippen LogP contribution in [0, 0.1) is 5.82 Å². The van der Waals surface area contributed by atoms with Gasteiger partial charge >= 0.3 is 0 Å². The smallest absolute Gasteiger partial charge is 0.258 e. The third kappa shape index (κ3) is 5.83. The second-order valence-electron chi connectivity index (χ2n) is 6.03. The third-order valence-corrected chi connectivity index (χ3v) is 4.93. The van der Waals surface area contributed by atoms with Crippen LogP contribution >= 0.6 is 11.8 Å². The largest absolute Gasteiger partial charge is 0.497 e. The lowest BCUT2D eigenvalue weighted by molar-refractivity contribution is -0.113. The zero-order valence-corrected chi connectivity index (χ0v) is 16.5. The van der Waals surface area contributed by atoms with Crippen LogP contribution in [0.1, 0.15) is 10.4 Å². The van der Waals surface area contributed by atoms with Gasteiger partial charge in [0.15, 0.2) is 0 Å². The Labute approximate surface area is 172 Å². The highest BCUT2D eigenvalue weighted by atomic mass is 32.2. The lowest BCUT2D eigenvalue weighted by Crippen LogP contribution is -2.14. The molecule has 5 nitrogen and oxygen atoms in total. The Balaban J connectivity index is 1.57. The minimum Gasteiger partial charge on any atom is -0.497 e. The van der Waals surface area contributed by atoms with E-state index >= 15 is 0 Å². The molecular weight excluding hydrogens is 391 g/mol. The monoisotopic (exact) mass is 410 g/mol. The van der Waals surface area contributed by atoms with E-state index < -0.39 is 11.7 Å². The van der Waals surface area contributed by atoms with Crippen molar-refractivity contribution in [2.75, 3.05) is 23.5 Å². The van der Waals surface area contributed by atoms with Crippen LogP contribution in [0.3, 0.4) is 0 Å². The number of amides is 2. The molecule has 0 saturated heterocycles. The van der Waals surface area contributed by atoms with E-state index in [1.54, 1.807) is 55.6 Å². The molecule has 0 aliphatic carbocycles. The molecule has 0 radical (unpaired) electrons. The summed E-state index contributed by atoms with van der Waals surface area (Å²) in [5.74, 6) is -0.411. The van der Waals surface area contributed by atoms with Crippen molar-refractivity contribution in [2.45, 2.75) is 4.90 Å². The average molecular weight is 410 g/mol. The van der Waals surface area contributed by atoms with Gasteiger partial charge in [0.25, 0.3) is 5.91 Å². The van der Waals surface area contributed by atoms with Crippen molar-refractivity contribution in [3.05, 3.63) is 84.2 Å². The number of nitrogens with one attached hydrogen (secondary N) is 2. The minimum absolute atomic E-state index is 0.0248. The first-order chi connectivity index (χ1) is 14.0. The quantitative estimate of drug-likeness (QED) is 0.548. The number of carbonyl (C=O) groups excluding carboxylic acids is 2. The minimum atomic E-state index is -0.579. The maximum absolute atomic E-state index is 13.7. The van der Waals surface area contributed by atoms with Crippen molar-refractivity contribution in [3.63, 3.8) is 0 Å². The first-order valence-electron chi connectivity index (χ1n) is 8.78. The van der Waals surface area contributed by atoms with Crippen LogP contribution in [-0.4, -0.2) is 24.7 Å². The predicted octanol–water partition coefficient (Wildman–Crippen LogP) is 4.82. The van der Waals surface area contributed by atoms with Crippen molar-refractivity contribution in [1.82, 2.24) is 0 Å². The fourth-order valence-electron chi connectivity index (χ4n) is 2.55. The zero-order chi connectivity index (χ0) is 20.6. The molecule has 29 heavy (non-hydrogen) atoms. The third-order valence-electron chi connectivity index (χ3n) is 3.93. The van der Waals surface area contributed by atoms with Gasteiger partial charge in [-0.15, -0.1) is 11.8 Å². The molecule has 3 aromatic rings. The molecule has 7 heteroatoms. The van der Waals surface area contributed by atoms with E-state index in [9.17, 15) is 14.0 Å². The number of methoxy groups -OCH3 is 1. The van der Waals surface area contributed by atoms with Gasteiger partial charge < -0.3 is 15.4 Å². The molecule has 2 amide bonds. The Bertz CT molecular complexity index is 1030. The first kappa shape index (κ1) is 20.4. The van der Waals surface area contributed by atoms with Gasteiger partial charge in [-0.25, -0.2) is 4.39 Å². The summed E-state index contributed by atoms with van der Waals surface area (Å²) < 4.78 is 18.9. The zero-order valence-electron chi connectivity index (χ0n) is 15.6. The summed E-state index contributed by atoms with van der Waals surface area (Å²) in [5.41, 5.74) is 1.15. The van der Waals surface area contributed by atoms with E-state index in [0.29, 0.717) is 17.1 Å². The van der Waals surface area contributed by atoms with Crippen LogP contribution in [-0.2, 0) is 4.79 Å². The molecule has 0 spiro atoms. The number of benzene rings is 3. The van der Waals surface area contributed by atoms with Crippen molar-refractivity contribution >= 4 is 35.0 Å². The Morgan fingerprint density at radius 1 is 0.931 bits per heavy atom. The molecule has 0 bridgehead atoms. The number of thioether (sulfide) groups is 1. The Morgan fingerprint density at radius 3 is 2.41 bits per heavy atom. The van der Waals surface area contributed by atoms with Gasteiger partial charge in [0.1, 0.15) is 11.6 Å². The molecule has 0 unspecified atom stereocenters. The van der Waals surface area contributed by atoms with E-state index in [-0.39, 0.29) is 17.2 Å². The Hall–Kier alpha value is -3.32. The van der Waals surface area contributed by atoms with Gasteiger partial charge in [-0.05, 0) is 42.5 Å². The van der Waals surface area contributed by atoms with Crippen molar-refractivity contribution in [3.8, 4) is 5.75 Å². The lowest BCUT2D eigenvalue weighted by Gasteiger charge is -2.09. The maximum Gasteiger partial charge on any atom is 0.258 e. The van der Waals surface area contributed by atoms with Crippen LogP contribution in [0.4, 0.5) is 15.8 Å². The van der Waals surface area contributed by atoms with Gasteiger partial charge in [0.2, 0.25) is 5.91 Å². The Kier molecular flexibility index (Phi) is 6.86. The highest BCUT2D eigenvalue weighted by Gasteiger charge is 2.11. The van der Waals surface area contributed by atoms with E-state index in [0.717, 1.165) is 4.90 Å². The summed E-state index contributed by atoms with van der Waals surface area (Å²) in [7, 11) is 1.56. The topological polar surface area (TPSA) is 67.4 Å². The highest BCUT2D eigenvalue weighted by Crippen LogP contribution is 2.23. The first-order valence-corrected chi connectivity index (χ1v) is 9.76. The maximum atomic E-state index is 13.7. The summed E-state index contributed by atoms with van der Waals surface area (Å²) >= 11 is 1.33. The molecule has 2 N–H and O–H groups in total. The van der Waals surface area contributed by atoms with Crippen LogP contribution in [0.5, 0.6) is 5.75 Å². The molecule has 3 rings (SSSR count). The average Bonchev–Trinajstić information content (AvgIpc) is 2.73. The van der Waals surface area contributed by atoms with Crippen molar-refractivity contribution < 1.29 is 18.7 Å². The van der Waals surface area contributed by atoms with Crippen LogP contribution in [0.2, 0.25) is 0 Å². The number of hydrogen-bond acceptors (Lipinski definition) is 4. The summed E-state index contributed by atoms with van der Waals surface area (Å²) in [6.45, 7) is 0. The van der Waals surface area contributed by atoms with E-state index in [1.165, 1.54) is 30.0 Å². The fourth-order valence-corrected chi connectivity index (χ4v) is 3.31. The summed E-state index contributed by atoms with van der Waals surface area (Å²) in [6.07, 6.45) is 0. The summed E-state index contributed by atoms with van der Waals surface area (Å²) in [6, 6.07) is 19.9. The number of hydrogen-bond donors (Lipinski definition) is 2. The highest BCUT2D eigenvalue weighted by molar-refractivity contribution is 8.00. The van der Waals surface area contributed by atoms with Gasteiger partial charge in [0, 0.05) is 22.3 Å². The molecule has 0 aromatic heterocycles. The lowest BCUT2D eigenvalue weighted by atomic mass is 10.2. The second-order valence-corrected chi connectivity index (χ2v) is 7.08. The second kappa shape index (κ2) is 9.75. The molecule has 0 saturated carbocycles. The van der Waals surface area contributed by atoms with Crippen LogP contribution < -0.4 is 15.4 Å². The van der Waals surface area contributed by atoms with Gasteiger partial charge in [-0.2, -0.15) is 0 Å². The number of carbonyl (C=O) groups is 2. The molecule has 0 aliphatic rings. The SMILES string of the molecule is COc1cccc(NC(=O)CSc2cccc(NC(=O)c3ccccc3F)c2)c1. The number of ether oxygens (including phenoxy) is 1. The number of halogens is 1. The van der Waals surface area contributed by atoms with Crippen LogP contribution in [0.15, 0.2) is 77.7 Å². The summed E-state index contributed by atoms with van der Waals surface area (Å²) in [5, 5.41) is 5.48. The molecule has 148 valence electrons. The standard InChI is InChI=1S/C22H19FN2O3S/c1-28-17-8-4-6-15(12-17)24-21(26)14-29-18-9-5-7-16(13-18)25-22(27)19-10-2-3-11-20(19)23/h2-13H,14H2,1H3,(H,24,26)(H,25,27). The number of rotatable bonds is 7. The van der Waals surface area contributed by atoms with E-state index in [2.05, 4.69) is 10.6 Å². The summed E-state index contributed by atoms with van der Waals surface area (Å²) in [4.78, 5) is 25.2. The van der Waals surface area contributed by atoms with Gasteiger partial charge in [-0.1, -0.05) is 24.3 Å². The molecule has 0 aliphatic heterocycles. The molecule has 0 atom stereocenters. The van der Waals surface area contributed by atoms with Gasteiger partial charge in [0.05, 0.1) is 18.4 Å². The van der Waals surface area contributed by atoms with Crippen molar-refractivity contribution in [1.29, 1.82) is 0 Å².